The van der Waals surface area contributed by atoms with Gasteiger partial charge >= 0.3 is 5.97 Å². The molecule has 0 spiro atoms. The van der Waals surface area contributed by atoms with Crippen molar-refractivity contribution in [2.45, 2.75) is 105 Å². The van der Waals surface area contributed by atoms with E-state index in [1.165, 1.54) is 43.3 Å². The van der Waals surface area contributed by atoms with Crippen LogP contribution >= 0.6 is 0 Å². The van der Waals surface area contributed by atoms with Crippen molar-refractivity contribution in [1.82, 2.24) is 0 Å². The lowest BCUT2D eigenvalue weighted by Crippen LogP contribution is -2.64. The molecule has 3 aliphatic heterocycles. The van der Waals surface area contributed by atoms with Crippen LogP contribution < -0.4 is 4.74 Å². The molecule has 54 heavy (non-hydrogen) atoms. The largest absolute Gasteiger partial charge is 0.508 e. The predicted molar refractivity (Wildman–Crippen MR) is 178 cm³/mol. The molecule has 0 aromatic heterocycles. The molecule has 0 bridgehead atoms. The summed E-state index contributed by atoms with van der Waals surface area (Å²) in [6, 6.07) is 10.1. The van der Waals surface area contributed by atoms with Crippen LogP contribution in [0.4, 0.5) is 0 Å². The molecule has 0 unspecified atom stereocenters. The molecule has 2 aromatic rings. The molecule has 0 amide bonds. The van der Waals surface area contributed by atoms with Crippen molar-refractivity contribution >= 4 is 12.0 Å². The molecule has 15 atom stereocenters. The molecule has 0 radical (unpaired) electrons. The number of benzene rings is 2. The Kier molecular flexibility index (Phi) is 14.2. The highest BCUT2D eigenvalue weighted by Crippen LogP contribution is 2.33. The molecule has 19 nitrogen and oxygen atoms in total. The van der Waals surface area contributed by atoms with Crippen molar-refractivity contribution < 1.29 is 94.1 Å². The standard InChI is InChI=1S/C35H46O19/c1-15-24(40)27(43)29(45)34(50-15)54-32-26(42)22(14-49-23(39)9-5-16-2-6-18(37)7-3-16)53-33(31(32)47)48-11-10-17-4-8-19(38)20(12-17)51-35-30(46)28(44)25(41)21(13-36)52-35/h2-9,12,15,21-22,24-38,40-47H,10-11,13-14H2,1H3/b9-5+/t15-,21+,22+,24-,25+,26+,27+,28-,29+,30+,31+,32-,33+,34-,35+/m0/s1. The first kappa shape index (κ1) is 41.6. The van der Waals surface area contributed by atoms with E-state index >= 15 is 0 Å². The lowest BCUT2D eigenvalue weighted by atomic mass is 9.97. The van der Waals surface area contributed by atoms with E-state index in [1.54, 1.807) is 12.1 Å². The van der Waals surface area contributed by atoms with E-state index in [1.807, 2.05) is 0 Å². The van der Waals surface area contributed by atoms with Gasteiger partial charge in [0.05, 0.1) is 19.3 Å². The zero-order valence-corrected chi connectivity index (χ0v) is 28.9. The summed E-state index contributed by atoms with van der Waals surface area (Å²) in [7, 11) is 0. The van der Waals surface area contributed by atoms with Crippen LogP contribution in [-0.2, 0) is 39.6 Å². The minimum absolute atomic E-state index is 0.0360. The number of aliphatic hydroxyl groups excluding tert-OH is 9. The van der Waals surface area contributed by atoms with Gasteiger partial charge in [-0.05, 0) is 54.8 Å². The summed E-state index contributed by atoms with van der Waals surface area (Å²) in [5, 5.41) is 113. The van der Waals surface area contributed by atoms with Crippen LogP contribution in [0.3, 0.4) is 0 Å². The van der Waals surface area contributed by atoms with Gasteiger partial charge in [0.1, 0.15) is 79.5 Å². The third kappa shape index (κ3) is 9.83. The Labute approximate surface area is 308 Å². The minimum Gasteiger partial charge on any atom is -0.508 e. The third-order valence-electron chi connectivity index (χ3n) is 9.22. The summed E-state index contributed by atoms with van der Waals surface area (Å²) in [6.07, 6.45) is -20.8. The van der Waals surface area contributed by atoms with E-state index in [-0.39, 0.29) is 30.3 Å². The number of carbonyl (C=O) groups is 1. The molecule has 300 valence electrons. The molecule has 3 aliphatic rings. The average molecular weight is 771 g/mol. The first-order valence-corrected chi connectivity index (χ1v) is 17.1. The molecule has 3 saturated heterocycles. The summed E-state index contributed by atoms with van der Waals surface area (Å²) in [5.41, 5.74) is 1.06. The normalized spacial score (nSPS) is 37.3. The molecule has 3 fully saturated rings. The van der Waals surface area contributed by atoms with Gasteiger partial charge in [0.2, 0.25) is 6.29 Å². The van der Waals surface area contributed by atoms with Crippen molar-refractivity contribution in [1.29, 1.82) is 0 Å². The Balaban J connectivity index is 1.25. The van der Waals surface area contributed by atoms with Gasteiger partial charge in [-0.1, -0.05) is 18.2 Å². The van der Waals surface area contributed by atoms with Crippen LogP contribution in [0, 0.1) is 0 Å². The summed E-state index contributed by atoms with van der Waals surface area (Å²) < 4.78 is 39.0. The molecule has 19 heteroatoms. The maximum absolute atomic E-state index is 12.5. The summed E-state index contributed by atoms with van der Waals surface area (Å²) in [5.74, 6) is -1.35. The summed E-state index contributed by atoms with van der Waals surface area (Å²) in [4.78, 5) is 12.5. The molecule has 3 heterocycles. The van der Waals surface area contributed by atoms with Crippen molar-refractivity contribution in [3.05, 3.63) is 59.7 Å². The Morgan fingerprint density at radius 1 is 0.741 bits per heavy atom. The van der Waals surface area contributed by atoms with E-state index in [2.05, 4.69) is 0 Å². The van der Waals surface area contributed by atoms with Crippen molar-refractivity contribution in [3.63, 3.8) is 0 Å². The monoisotopic (exact) mass is 770 g/mol. The van der Waals surface area contributed by atoms with Crippen molar-refractivity contribution in [2.24, 2.45) is 0 Å². The quantitative estimate of drug-likeness (QED) is 0.0704. The van der Waals surface area contributed by atoms with Gasteiger partial charge in [-0.2, -0.15) is 0 Å². The second-order valence-corrected chi connectivity index (χ2v) is 13.1. The van der Waals surface area contributed by atoms with Crippen LogP contribution in [0.15, 0.2) is 48.5 Å². The van der Waals surface area contributed by atoms with Crippen LogP contribution in [-0.4, -0.2) is 174 Å². The number of ether oxygens (including phenoxy) is 7. The molecule has 0 saturated carbocycles. The van der Waals surface area contributed by atoms with Gasteiger partial charge in [-0.3, -0.25) is 0 Å². The van der Waals surface area contributed by atoms with Crippen LogP contribution in [0.2, 0.25) is 0 Å². The highest BCUT2D eigenvalue weighted by atomic mass is 16.7. The van der Waals surface area contributed by atoms with Crippen LogP contribution in [0.5, 0.6) is 17.2 Å². The fourth-order valence-corrected chi connectivity index (χ4v) is 5.97. The third-order valence-corrected chi connectivity index (χ3v) is 9.22. The van der Waals surface area contributed by atoms with Gasteiger partial charge < -0.3 is 89.3 Å². The van der Waals surface area contributed by atoms with Crippen LogP contribution in [0.1, 0.15) is 18.1 Å². The van der Waals surface area contributed by atoms with Gasteiger partial charge in [-0.25, -0.2) is 4.79 Å². The number of phenolic OH excluding ortho intramolecular Hbond substituents is 2. The summed E-state index contributed by atoms with van der Waals surface area (Å²) in [6.45, 7) is -0.0154. The summed E-state index contributed by atoms with van der Waals surface area (Å²) >= 11 is 0. The van der Waals surface area contributed by atoms with Crippen LogP contribution in [0.25, 0.3) is 6.08 Å². The highest BCUT2D eigenvalue weighted by Gasteiger charge is 2.51. The van der Waals surface area contributed by atoms with Gasteiger partial charge in [-0.15, -0.1) is 0 Å². The number of aliphatic hydroxyl groups is 9. The predicted octanol–water partition coefficient (Wildman–Crippen LogP) is -3.25. The molecule has 2 aromatic carbocycles. The van der Waals surface area contributed by atoms with E-state index in [9.17, 15) is 61.0 Å². The fourth-order valence-electron chi connectivity index (χ4n) is 5.97. The number of hydrogen-bond donors (Lipinski definition) is 11. The fraction of sp³-hybridized carbons (Fsp3) is 0.571. The lowest BCUT2D eigenvalue weighted by molar-refractivity contribution is -0.357. The van der Waals surface area contributed by atoms with E-state index in [0.29, 0.717) is 11.1 Å². The van der Waals surface area contributed by atoms with Gasteiger partial charge in [0, 0.05) is 6.08 Å². The maximum atomic E-state index is 12.5. The number of phenols is 2. The highest BCUT2D eigenvalue weighted by molar-refractivity contribution is 5.87. The van der Waals surface area contributed by atoms with Gasteiger partial charge in [0.15, 0.2) is 24.1 Å². The zero-order chi connectivity index (χ0) is 39.3. The minimum atomic E-state index is -1.78. The zero-order valence-electron chi connectivity index (χ0n) is 28.9. The SMILES string of the molecule is C[C@@H]1O[C@@H](O[C@@H]2[C@@H](O)[C@H](OCCc3ccc(O)c(O[C@@H]4O[C@H](CO)[C@@H](O)[C@H](O)[C@H]4O)c3)O[C@H](COC(=O)/C=C/c3ccc(O)cc3)[C@H]2O)[C@H](O)[C@H](O)[C@H]1O. The number of hydrogen-bond acceptors (Lipinski definition) is 19. The molecule has 5 rings (SSSR count). The van der Waals surface area contributed by atoms with E-state index < -0.39 is 111 Å². The lowest BCUT2D eigenvalue weighted by Gasteiger charge is -2.45. The molecular formula is C35H46O19. The second kappa shape index (κ2) is 18.4. The Morgan fingerprint density at radius 3 is 2.11 bits per heavy atom. The van der Waals surface area contributed by atoms with Crippen molar-refractivity contribution in [3.8, 4) is 17.2 Å². The van der Waals surface area contributed by atoms with E-state index in [0.717, 1.165) is 6.08 Å². The molecule has 0 aliphatic carbocycles. The second-order valence-electron chi connectivity index (χ2n) is 13.1. The molecule has 11 N–H and O–H groups in total. The van der Waals surface area contributed by atoms with Gasteiger partial charge in [0.25, 0.3) is 0 Å². The van der Waals surface area contributed by atoms with E-state index in [4.69, 9.17) is 33.2 Å². The average Bonchev–Trinajstić information content (AvgIpc) is 3.15. The number of rotatable bonds is 13. The number of aromatic hydroxyl groups is 2. The Hall–Kier alpha value is -3.51. The maximum Gasteiger partial charge on any atom is 0.330 e. The molecular weight excluding hydrogens is 724 g/mol. The Bertz CT molecular complexity index is 1540. The first-order valence-electron chi connectivity index (χ1n) is 17.1. The number of esters is 1. The topological polar surface area (TPSA) is 304 Å². The van der Waals surface area contributed by atoms with Crippen molar-refractivity contribution in [2.75, 3.05) is 19.8 Å². The number of carbonyl (C=O) groups excluding carboxylic acids is 1. The smallest absolute Gasteiger partial charge is 0.330 e. The first-order chi connectivity index (χ1) is 25.7. The Morgan fingerprint density at radius 2 is 1.41 bits per heavy atom.